The van der Waals surface area contributed by atoms with Crippen molar-refractivity contribution in [1.29, 1.82) is 0 Å². The molecular formula is C20H29ClN2O4. The van der Waals surface area contributed by atoms with Crippen LogP contribution in [0.2, 0.25) is 5.02 Å². The van der Waals surface area contributed by atoms with Crippen LogP contribution in [0.5, 0.6) is 0 Å². The number of rotatable bonds is 2. The third-order valence-corrected chi connectivity index (χ3v) is 4.28. The van der Waals surface area contributed by atoms with Crippen LogP contribution in [-0.2, 0) is 15.0 Å². The fourth-order valence-electron chi connectivity index (χ4n) is 2.88. The third kappa shape index (κ3) is 5.51. The average molecular weight is 397 g/mol. The van der Waals surface area contributed by atoms with Crippen molar-refractivity contribution in [2.24, 2.45) is 0 Å². The summed E-state index contributed by atoms with van der Waals surface area (Å²) in [6.45, 7) is 13.3. The highest BCUT2D eigenvalue weighted by Gasteiger charge is 2.50. The molecule has 0 atom stereocenters. The molecule has 0 bridgehead atoms. The second-order valence-electron chi connectivity index (χ2n) is 9.03. The van der Waals surface area contributed by atoms with Crippen LogP contribution in [0.15, 0.2) is 18.2 Å². The van der Waals surface area contributed by atoms with Crippen molar-refractivity contribution in [2.45, 2.75) is 65.2 Å². The Morgan fingerprint density at radius 3 is 2.15 bits per heavy atom. The van der Waals surface area contributed by atoms with Gasteiger partial charge in [-0.1, -0.05) is 29.3 Å². The van der Waals surface area contributed by atoms with Gasteiger partial charge in [0.05, 0.1) is 13.1 Å². The number of carbonyl (C=O) groups is 2. The molecule has 150 valence electrons. The Bertz CT molecular complexity index is 728. The summed E-state index contributed by atoms with van der Waals surface area (Å²) >= 11 is 6.42. The molecule has 1 fully saturated rings. The number of hydrogen-bond acceptors (Lipinski definition) is 4. The fraction of sp³-hybridized carbons (Fsp3) is 0.600. The van der Waals surface area contributed by atoms with Crippen molar-refractivity contribution < 1.29 is 19.1 Å². The fourth-order valence-corrected chi connectivity index (χ4v) is 3.18. The molecule has 7 heteroatoms. The van der Waals surface area contributed by atoms with Crippen molar-refractivity contribution in [3.05, 3.63) is 34.3 Å². The SMILES string of the molecule is Cc1ccc(Cl)c(C2(NC(=O)OC(C)(C)C)CN(C(=O)OC(C)(C)C)C2)c1. The number of nitrogens with one attached hydrogen (secondary N) is 1. The highest BCUT2D eigenvalue weighted by molar-refractivity contribution is 6.31. The van der Waals surface area contributed by atoms with Crippen molar-refractivity contribution >= 4 is 23.8 Å². The third-order valence-electron chi connectivity index (χ3n) is 3.95. The quantitative estimate of drug-likeness (QED) is 0.791. The Labute approximate surface area is 166 Å². The molecule has 1 aliphatic rings. The van der Waals surface area contributed by atoms with Crippen LogP contribution in [0.25, 0.3) is 0 Å². The lowest BCUT2D eigenvalue weighted by Gasteiger charge is -2.50. The van der Waals surface area contributed by atoms with Gasteiger partial charge < -0.3 is 19.7 Å². The number of hydrogen-bond donors (Lipinski definition) is 1. The van der Waals surface area contributed by atoms with E-state index in [0.717, 1.165) is 11.1 Å². The standard InChI is InChI=1S/C20H29ClN2O4/c1-13-8-9-15(21)14(10-13)20(22-16(24)26-18(2,3)4)11-23(12-20)17(25)27-19(5,6)7/h8-10H,11-12H2,1-7H3,(H,22,24). The van der Waals surface area contributed by atoms with E-state index in [1.54, 1.807) is 31.7 Å². The highest BCUT2D eigenvalue weighted by Crippen LogP contribution is 2.38. The highest BCUT2D eigenvalue weighted by atomic mass is 35.5. The van der Waals surface area contributed by atoms with Crippen LogP contribution in [-0.4, -0.2) is 41.4 Å². The average Bonchev–Trinajstić information content (AvgIpc) is 2.41. The molecule has 6 nitrogen and oxygen atoms in total. The van der Waals surface area contributed by atoms with E-state index in [2.05, 4.69) is 5.32 Å². The molecule has 1 aromatic carbocycles. The maximum Gasteiger partial charge on any atom is 0.410 e. The first-order valence-corrected chi connectivity index (χ1v) is 9.34. The Balaban J connectivity index is 2.26. The zero-order chi connectivity index (χ0) is 20.6. The minimum atomic E-state index is -0.817. The monoisotopic (exact) mass is 396 g/mol. The summed E-state index contributed by atoms with van der Waals surface area (Å²) in [5.41, 5.74) is -0.265. The smallest absolute Gasteiger partial charge is 0.410 e. The lowest BCUT2D eigenvalue weighted by atomic mass is 9.82. The van der Waals surface area contributed by atoms with E-state index < -0.39 is 28.9 Å². The van der Waals surface area contributed by atoms with Crippen molar-refractivity contribution in [2.75, 3.05) is 13.1 Å². The van der Waals surface area contributed by atoms with Crippen LogP contribution >= 0.6 is 11.6 Å². The molecule has 1 aliphatic heterocycles. The zero-order valence-electron chi connectivity index (χ0n) is 17.1. The van der Waals surface area contributed by atoms with Gasteiger partial charge in [0.25, 0.3) is 0 Å². The summed E-state index contributed by atoms with van der Waals surface area (Å²) < 4.78 is 10.8. The lowest BCUT2D eigenvalue weighted by molar-refractivity contribution is -0.0229. The molecule has 0 aliphatic carbocycles. The number of halogens is 1. The molecule has 0 unspecified atom stereocenters. The predicted molar refractivity (Wildman–Crippen MR) is 105 cm³/mol. The molecular weight excluding hydrogens is 368 g/mol. The molecule has 0 aromatic heterocycles. The number of ether oxygens (including phenoxy) is 2. The Kier molecular flexibility index (Phi) is 5.71. The van der Waals surface area contributed by atoms with E-state index in [0.29, 0.717) is 5.02 Å². The maximum atomic E-state index is 12.4. The molecule has 27 heavy (non-hydrogen) atoms. The van der Waals surface area contributed by atoms with Gasteiger partial charge in [-0.15, -0.1) is 0 Å². The minimum Gasteiger partial charge on any atom is -0.444 e. The number of nitrogens with zero attached hydrogens (tertiary/aromatic N) is 1. The molecule has 1 N–H and O–H groups in total. The summed E-state index contributed by atoms with van der Waals surface area (Å²) in [6.07, 6.45) is -0.975. The normalized spacial score (nSPS) is 16.4. The number of alkyl carbamates (subject to hydrolysis) is 1. The van der Waals surface area contributed by atoms with Crippen LogP contribution in [0, 0.1) is 6.92 Å². The summed E-state index contributed by atoms with van der Waals surface area (Å²) in [7, 11) is 0. The molecule has 1 saturated heterocycles. The first kappa shape index (κ1) is 21.4. The van der Waals surface area contributed by atoms with E-state index >= 15 is 0 Å². The number of aryl methyl sites for hydroxylation is 1. The van der Waals surface area contributed by atoms with E-state index in [-0.39, 0.29) is 13.1 Å². The number of likely N-dealkylation sites (tertiary alicyclic amines) is 1. The van der Waals surface area contributed by atoms with Crippen LogP contribution in [0.1, 0.15) is 52.7 Å². The Morgan fingerprint density at radius 2 is 1.63 bits per heavy atom. The van der Waals surface area contributed by atoms with E-state index in [1.165, 1.54) is 0 Å². The molecule has 1 aromatic rings. The van der Waals surface area contributed by atoms with Gasteiger partial charge in [-0.3, -0.25) is 0 Å². The zero-order valence-corrected chi connectivity index (χ0v) is 17.9. The molecule has 2 amide bonds. The van der Waals surface area contributed by atoms with Gasteiger partial charge in [0.1, 0.15) is 16.7 Å². The van der Waals surface area contributed by atoms with E-state index in [9.17, 15) is 9.59 Å². The summed E-state index contributed by atoms with van der Waals surface area (Å²) in [5.74, 6) is 0. The lowest BCUT2D eigenvalue weighted by Crippen LogP contribution is -2.69. The second-order valence-corrected chi connectivity index (χ2v) is 9.44. The summed E-state index contributed by atoms with van der Waals surface area (Å²) in [6, 6.07) is 5.62. The number of carbonyl (C=O) groups excluding carboxylic acids is 2. The summed E-state index contributed by atoms with van der Waals surface area (Å²) in [4.78, 5) is 26.3. The van der Waals surface area contributed by atoms with Crippen molar-refractivity contribution in [3.63, 3.8) is 0 Å². The molecule has 1 heterocycles. The van der Waals surface area contributed by atoms with Crippen LogP contribution < -0.4 is 5.32 Å². The number of amides is 2. The first-order chi connectivity index (χ1) is 12.2. The second kappa shape index (κ2) is 7.23. The summed E-state index contributed by atoms with van der Waals surface area (Å²) in [5, 5.41) is 3.45. The minimum absolute atomic E-state index is 0.254. The number of benzene rings is 1. The first-order valence-electron chi connectivity index (χ1n) is 8.96. The maximum absolute atomic E-state index is 12.4. The van der Waals surface area contributed by atoms with Crippen molar-refractivity contribution in [3.8, 4) is 0 Å². The van der Waals surface area contributed by atoms with Crippen LogP contribution in [0.4, 0.5) is 9.59 Å². The van der Waals surface area contributed by atoms with Gasteiger partial charge in [-0.25, -0.2) is 9.59 Å². The largest absolute Gasteiger partial charge is 0.444 e. The van der Waals surface area contributed by atoms with Gasteiger partial charge in [-0.2, -0.15) is 0 Å². The van der Waals surface area contributed by atoms with Gasteiger partial charge in [0, 0.05) is 10.6 Å². The molecule has 0 radical (unpaired) electrons. The van der Waals surface area contributed by atoms with Gasteiger partial charge >= 0.3 is 12.2 Å². The van der Waals surface area contributed by atoms with Crippen LogP contribution in [0.3, 0.4) is 0 Å². The molecule has 0 saturated carbocycles. The van der Waals surface area contributed by atoms with Gasteiger partial charge in [-0.05, 0) is 54.5 Å². The molecule has 0 spiro atoms. The van der Waals surface area contributed by atoms with E-state index in [4.69, 9.17) is 21.1 Å². The molecule has 2 rings (SSSR count). The van der Waals surface area contributed by atoms with Crippen molar-refractivity contribution in [1.82, 2.24) is 10.2 Å². The van der Waals surface area contributed by atoms with E-state index in [1.807, 2.05) is 39.8 Å². The predicted octanol–water partition coefficient (Wildman–Crippen LogP) is 4.62. The topological polar surface area (TPSA) is 67.9 Å². The Hall–Kier alpha value is -1.95. The Morgan fingerprint density at radius 1 is 1.07 bits per heavy atom. The van der Waals surface area contributed by atoms with Gasteiger partial charge in [0.15, 0.2) is 0 Å². The van der Waals surface area contributed by atoms with Gasteiger partial charge in [0.2, 0.25) is 0 Å².